The number of fused-ring (bicyclic) bond motifs is 1. The molecular formula is C23H21BrClN3OS2. The lowest BCUT2D eigenvalue weighted by molar-refractivity contribution is -0.124. The molecule has 5 rings (SSSR count). The molecule has 0 atom stereocenters. The van der Waals surface area contributed by atoms with E-state index in [4.69, 9.17) is 16.6 Å². The number of carbonyl (C=O) groups excluding carboxylic acids is 1. The fourth-order valence-corrected chi connectivity index (χ4v) is 7.01. The Morgan fingerprint density at radius 1 is 1.06 bits per heavy atom. The molecule has 0 unspecified atom stereocenters. The summed E-state index contributed by atoms with van der Waals surface area (Å²) >= 11 is 12.8. The molecule has 8 heteroatoms. The molecule has 2 aromatic carbocycles. The summed E-state index contributed by atoms with van der Waals surface area (Å²) in [5, 5.41) is 2.43. The van der Waals surface area contributed by atoms with Gasteiger partial charge in [0.2, 0.25) is 0 Å². The van der Waals surface area contributed by atoms with Crippen LogP contribution in [-0.2, 0) is 4.79 Å². The summed E-state index contributed by atoms with van der Waals surface area (Å²) in [6.07, 6.45) is 5.64. The summed E-state index contributed by atoms with van der Waals surface area (Å²) in [6.45, 7) is 0. The Morgan fingerprint density at radius 2 is 1.81 bits per heavy atom. The highest BCUT2D eigenvalue weighted by Crippen LogP contribution is 2.51. The van der Waals surface area contributed by atoms with Gasteiger partial charge in [0.05, 0.1) is 16.4 Å². The third kappa shape index (κ3) is 4.17. The average Bonchev–Trinajstić information content (AvgIpc) is 3.26. The largest absolute Gasteiger partial charge is 0.337 e. The second-order valence-electron chi connectivity index (χ2n) is 7.85. The van der Waals surface area contributed by atoms with Crippen LogP contribution in [0.25, 0.3) is 0 Å². The minimum absolute atomic E-state index is 0.0704. The van der Waals surface area contributed by atoms with Crippen LogP contribution in [-0.4, -0.2) is 29.1 Å². The maximum absolute atomic E-state index is 13.7. The monoisotopic (exact) mass is 533 g/mol. The molecule has 3 aliphatic rings. The molecule has 2 aromatic rings. The van der Waals surface area contributed by atoms with E-state index in [1.807, 2.05) is 54.4 Å². The van der Waals surface area contributed by atoms with Gasteiger partial charge in [-0.25, -0.2) is 4.99 Å². The summed E-state index contributed by atoms with van der Waals surface area (Å²) in [4.78, 5) is 24.5. The summed E-state index contributed by atoms with van der Waals surface area (Å²) in [5.41, 5.74) is 1.89. The first-order valence-corrected chi connectivity index (χ1v) is 13.1. The Kier molecular flexibility index (Phi) is 6.12. The number of anilines is 1. The molecule has 160 valence electrons. The lowest BCUT2D eigenvalue weighted by Gasteiger charge is -2.30. The highest BCUT2D eigenvalue weighted by Gasteiger charge is 2.42. The molecule has 1 aliphatic carbocycles. The van der Waals surface area contributed by atoms with E-state index in [-0.39, 0.29) is 11.9 Å². The Morgan fingerprint density at radius 3 is 2.55 bits per heavy atom. The van der Waals surface area contributed by atoms with Crippen LogP contribution in [0.1, 0.15) is 32.1 Å². The number of carbonyl (C=O) groups is 1. The van der Waals surface area contributed by atoms with Crippen molar-refractivity contribution in [1.29, 1.82) is 0 Å². The molecular weight excluding hydrogens is 514 g/mol. The third-order valence-corrected chi connectivity index (χ3v) is 8.96. The predicted molar refractivity (Wildman–Crippen MR) is 135 cm³/mol. The van der Waals surface area contributed by atoms with Crippen molar-refractivity contribution in [3.63, 3.8) is 0 Å². The van der Waals surface area contributed by atoms with Gasteiger partial charge in [-0.05, 0) is 67.1 Å². The van der Waals surface area contributed by atoms with Crippen molar-refractivity contribution in [3.8, 4) is 0 Å². The van der Waals surface area contributed by atoms with Crippen LogP contribution in [0.5, 0.6) is 0 Å². The number of hydrogen-bond acceptors (Lipinski definition) is 5. The van der Waals surface area contributed by atoms with Crippen molar-refractivity contribution in [2.24, 2.45) is 4.99 Å². The molecule has 1 amide bonds. The highest BCUT2D eigenvalue weighted by atomic mass is 79.9. The SMILES string of the molecule is CN1C(=C2SC(=Nc3ccc(Br)cc3)N(C3CCCCC3)C2=O)Sc2ccc(Cl)cc21. The number of hydrogen-bond donors (Lipinski definition) is 0. The zero-order chi connectivity index (χ0) is 21.5. The van der Waals surface area contributed by atoms with Crippen molar-refractivity contribution in [3.05, 3.63) is 61.9 Å². The van der Waals surface area contributed by atoms with Crippen LogP contribution >= 0.6 is 51.1 Å². The Hall–Kier alpha value is -1.41. The molecule has 2 aliphatic heterocycles. The summed E-state index contributed by atoms with van der Waals surface area (Å²) in [6, 6.07) is 14.0. The quantitative estimate of drug-likeness (QED) is 0.376. The first kappa shape index (κ1) is 21.4. The fraction of sp³-hybridized carbons (Fsp3) is 0.304. The van der Waals surface area contributed by atoms with Gasteiger partial charge in [0, 0.05) is 27.5 Å². The van der Waals surface area contributed by atoms with E-state index in [1.165, 1.54) is 18.2 Å². The molecule has 2 heterocycles. The normalized spacial score (nSPS) is 23.2. The number of rotatable bonds is 2. The van der Waals surface area contributed by atoms with Crippen LogP contribution in [0.15, 0.2) is 66.8 Å². The van der Waals surface area contributed by atoms with Crippen LogP contribution in [0.2, 0.25) is 5.02 Å². The summed E-state index contributed by atoms with van der Waals surface area (Å²) < 4.78 is 1.01. The molecule has 31 heavy (non-hydrogen) atoms. The van der Waals surface area contributed by atoms with Crippen molar-refractivity contribution < 1.29 is 4.79 Å². The average molecular weight is 535 g/mol. The smallest absolute Gasteiger partial charge is 0.269 e. The lowest BCUT2D eigenvalue weighted by atomic mass is 9.94. The van der Waals surface area contributed by atoms with E-state index >= 15 is 0 Å². The van der Waals surface area contributed by atoms with Gasteiger partial charge >= 0.3 is 0 Å². The topological polar surface area (TPSA) is 35.9 Å². The van der Waals surface area contributed by atoms with Gasteiger partial charge in [0.15, 0.2) is 5.17 Å². The molecule has 0 aromatic heterocycles. The molecule has 0 N–H and O–H groups in total. The second kappa shape index (κ2) is 8.85. The minimum atomic E-state index is 0.0704. The highest BCUT2D eigenvalue weighted by molar-refractivity contribution is 9.10. The van der Waals surface area contributed by atoms with Crippen LogP contribution in [0.4, 0.5) is 11.4 Å². The summed E-state index contributed by atoms with van der Waals surface area (Å²) in [7, 11) is 2.00. The third-order valence-electron chi connectivity index (χ3n) is 5.79. The molecule has 1 saturated heterocycles. The Bertz CT molecular complexity index is 1100. The number of halogens is 2. The minimum Gasteiger partial charge on any atom is -0.337 e. The number of amides is 1. The van der Waals surface area contributed by atoms with E-state index in [0.29, 0.717) is 5.02 Å². The van der Waals surface area contributed by atoms with E-state index in [2.05, 4.69) is 20.8 Å². The zero-order valence-corrected chi connectivity index (χ0v) is 21.0. The molecule has 0 radical (unpaired) electrons. The number of nitrogens with zero attached hydrogens (tertiary/aromatic N) is 3. The number of benzene rings is 2. The first-order valence-electron chi connectivity index (χ1n) is 10.3. The van der Waals surface area contributed by atoms with Crippen molar-refractivity contribution in [1.82, 2.24) is 4.90 Å². The summed E-state index contributed by atoms with van der Waals surface area (Å²) in [5.74, 6) is 0.0704. The van der Waals surface area contributed by atoms with E-state index in [0.717, 1.165) is 61.5 Å². The van der Waals surface area contributed by atoms with Crippen molar-refractivity contribution in [2.75, 3.05) is 11.9 Å². The van der Waals surface area contributed by atoms with E-state index < -0.39 is 0 Å². The van der Waals surface area contributed by atoms with Gasteiger partial charge in [0.1, 0.15) is 4.91 Å². The molecule has 1 saturated carbocycles. The molecule has 4 nitrogen and oxygen atoms in total. The van der Waals surface area contributed by atoms with Gasteiger partial charge in [0.25, 0.3) is 5.91 Å². The van der Waals surface area contributed by atoms with Crippen LogP contribution < -0.4 is 4.90 Å². The Balaban J connectivity index is 1.55. The van der Waals surface area contributed by atoms with E-state index in [1.54, 1.807) is 11.8 Å². The van der Waals surface area contributed by atoms with Gasteiger partial charge < -0.3 is 4.90 Å². The standard InChI is InChI=1S/C23H21BrClN3OS2/c1-27-18-13-15(25)9-12-19(18)30-22(27)20-21(29)28(17-5-3-2-4-6-17)23(31-20)26-16-10-7-14(24)8-11-16/h7-13,17H,2-6H2,1H3. The van der Waals surface area contributed by atoms with E-state index in [9.17, 15) is 4.79 Å². The second-order valence-corrected chi connectivity index (χ2v) is 11.2. The molecule has 2 fully saturated rings. The van der Waals surface area contributed by atoms with Gasteiger partial charge in [-0.15, -0.1) is 0 Å². The van der Waals surface area contributed by atoms with Crippen LogP contribution in [0.3, 0.4) is 0 Å². The number of thioether (sulfide) groups is 2. The Labute approximate surface area is 204 Å². The maximum atomic E-state index is 13.7. The van der Waals surface area contributed by atoms with Crippen molar-refractivity contribution >= 4 is 73.5 Å². The zero-order valence-electron chi connectivity index (χ0n) is 17.0. The van der Waals surface area contributed by atoms with Gasteiger partial charge in [-0.1, -0.05) is 58.6 Å². The lowest BCUT2D eigenvalue weighted by Crippen LogP contribution is -2.40. The number of amidine groups is 1. The van der Waals surface area contributed by atoms with Gasteiger partial charge in [-0.2, -0.15) is 0 Å². The first-order chi connectivity index (χ1) is 15.0. The van der Waals surface area contributed by atoms with Crippen molar-refractivity contribution in [2.45, 2.75) is 43.0 Å². The maximum Gasteiger partial charge on any atom is 0.269 e. The van der Waals surface area contributed by atoms with Crippen LogP contribution in [0, 0.1) is 0 Å². The predicted octanol–water partition coefficient (Wildman–Crippen LogP) is 7.41. The number of aliphatic imine (C=N–C) groups is 1. The fourth-order valence-electron chi connectivity index (χ4n) is 4.20. The van der Waals surface area contributed by atoms with Gasteiger partial charge in [-0.3, -0.25) is 9.69 Å². The molecule has 0 spiro atoms. The molecule has 0 bridgehead atoms.